The maximum absolute atomic E-state index is 5.64. The zero-order valence-corrected chi connectivity index (χ0v) is 8.71. The Labute approximate surface area is 90.6 Å². The molecule has 15 heavy (non-hydrogen) atoms. The molecule has 0 saturated carbocycles. The minimum Gasteiger partial charge on any atom is -0.369 e. The van der Waals surface area contributed by atoms with Gasteiger partial charge in [0, 0.05) is 10.1 Å². The lowest BCUT2D eigenvalue weighted by Gasteiger charge is -2.07. The van der Waals surface area contributed by atoms with Crippen molar-refractivity contribution in [3.63, 3.8) is 0 Å². The quantitative estimate of drug-likeness (QED) is 0.665. The minimum atomic E-state index is 0.453. The van der Waals surface area contributed by atoms with Crippen LogP contribution in [0.4, 0.5) is 5.69 Å². The fourth-order valence-corrected chi connectivity index (χ4v) is 2.67. The van der Waals surface area contributed by atoms with E-state index >= 15 is 0 Å². The van der Waals surface area contributed by atoms with Crippen molar-refractivity contribution < 1.29 is 0 Å². The number of rotatable bonds is 0. The molecule has 4 heteroatoms. The highest BCUT2D eigenvalue weighted by molar-refractivity contribution is 7.08. The summed E-state index contributed by atoms with van der Waals surface area (Å²) in [6.07, 6.45) is 12.1. The Kier molecular flexibility index (Phi) is 1.76. The summed E-state index contributed by atoms with van der Waals surface area (Å²) in [6.45, 7) is 0. The molecule has 3 N–H and O–H groups in total. The molecule has 2 aliphatic rings. The van der Waals surface area contributed by atoms with E-state index in [1.165, 1.54) is 10.1 Å². The number of nitrogens with two attached hydrogens (primary N) is 1. The SMILES string of the molecule is NC1=NC=c2sc3c(c2N1)C=CC=CC=3. The van der Waals surface area contributed by atoms with Crippen LogP contribution in [0.3, 0.4) is 0 Å². The highest BCUT2D eigenvalue weighted by Crippen LogP contribution is 2.14. The van der Waals surface area contributed by atoms with Crippen molar-refractivity contribution in [2.24, 2.45) is 10.7 Å². The van der Waals surface area contributed by atoms with Crippen molar-refractivity contribution in [2.45, 2.75) is 0 Å². The molecule has 0 bridgehead atoms. The summed E-state index contributed by atoms with van der Waals surface area (Å²) in [5.74, 6) is 0.453. The average Bonchev–Trinajstić information content (AvgIpc) is 2.44. The van der Waals surface area contributed by atoms with Gasteiger partial charge in [-0.1, -0.05) is 24.3 Å². The van der Waals surface area contributed by atoms with E-state index in [-0.39, 0.29) is 0 Å². The van der Waals surface area contributed by atoms with Crippen molar-refractivity contribution in [3.8, 4) is 0 Å². The Balaban J connectivity index is 2.34. The number of hydrogen-bond acceptors (Lipinski definition) is 4. The Bertz CT molecular complexity index is 617. The third-order valence-corrected chi connectivity index (χ3v) is 3.41. The van der Waals surface area contributed by atoms with E-state index in [2.05, 4.69) is 22.5 Å². The molecule has 1 aromatic heterocycles. The van der Waals surface area contributed by atoms with Gasteiger partial charge in [0.2, 0.25) is 0 Å². The second-order valence-electron chi connectivity index (χ2n) is 3.30. The molecule has 1 aromatic rings. The van der Waals surface area contributed by atoms with Gasteiger partial charge in [0.25, 0.3) is 0 Å². The molecule has 0 fully saturated rings. The van der Waals surface area contributed by atoms with E-state index in [0.717, 1.165) is 10.2 Å². The predicted octanol–water partition coefficient (Wildman–Crippen LogP) is 0.590. The van der Waals surface area contributed by atoms with Gasteiger partial charge in [0.1, 0.15) is 0 Å². The van der Waals surface area contributed by atoms with Gasteiger partial charge in [0.15, 0.2) is 5.96 Å². The molecule has 1 aliphatic heterocycles. The third-order valence-electron chi connectivity index (χ3n) is 2.31. The number of thiophene rings is 1. The number of aliphatic imine (C=N–C) groups is 1. The lowest BCUT2D eigenvalue weighted by Crippen LogP contribution is -2.27. The zero-order valence-electron chi connectivity index (χ0n) is 7.90. The maximum Gasteiger partial charge on any atom is 0.197 e. The molecular weight excluding hydrogens is 206 g/mol. The van der Waals surface area contributed by atoms with Gasteiger partial charge in [-0.05, 0) is 6.08 Å². The summed E-state index contributed by atoms with van der Waals surface area (Å²) in [5.41, 5.74) is 7.90. The number of hydrogen-bond donors (Lipinski definition) is 2. The summed E-state index contributed by atoms with van der Waals surface area (Å²) < 4.78 is 2.36. The molecule has 0 unspecified atom stereocenters. The number of anilines is 1. The van der Waals surface area contributed by atoms with Crippen LogP contribution in [0.15, 0.2) is 23.2 Å². The van der Waals surface area contributed by atoms with E-state index in [1.54, 1.807) is 11.3 Å². The summed E-state index contributed by atoms with van der Waals surface area (Å²) in [5, 5.41) is 3.10. The van der Waals surface area contributed by atoms with Gasteiger partial charge in [0.05, 0.1) is 16.4 Å². The van der Waals surface area contributed by atoms with Crippen LogP contribution in [0, 0.1) is 0 Å². The molecule has 1 aliphatic carbocycles. The predicted molar refractivity (Wildman–Crippen MR) is 65.9 cm³/mol. The Morgan fingerprint density at radius 1 is 1.20 bits per heavy atom. The highest BCUT2D eigenvalue weighted by Gasteiger charge is 2.11. The lowest BCUT2D eigenvalue weighted by atomic mass is 10.2. The fraction of sp³-hybridized carbons (Fsp3) is 0. The first-order valence-corrected chi connectivity index (χ1v) is 5.44. The second-order valence-corrected chi connectivity index (χ2v) is 4.38. The Hall–Kier alpha value is -1.81. The maximum atomic E-state index is 5.64. The summed E-state index contributed by atoms with van der Waals surface area (Å²) >= 11 is 1.71. The van der Waals surface area contributed by atoms with Crippen molar-refractivity contribution in [2.75, 3.05) is 5.32 Å². The highest BCUT2D eigenvalue weighted by atomic mass is 32.1. The molecule has 3 rings (SSSR count). The van der Waals surface area contributed by atoms with Crippen LogP contribution >= 0.6 is 11.3 Å². The van der Waals surface area contributed by atoms with E-state index in [0.29, 0.717) is 5.96 Å². The first kappa shape index (κ1) is 8.49. The fourth-order valence-electron chi connectivity index (χ4n) is 1.64. The molecule has 74 valence electrons. The van der Waals surface area contributed by atoms with E-state index in [4.69, 9.17) is 5.73 Å². The number of fused-ring (bicyclic) bond motifs is 3. The summed E-state index contributed by atoms with van der Waals surface area (Å²) in [6, 6.07) is 0. The van der Waals surface area contributed by atoms with Crippen LogP contribution in [0.1, 0.15) is 5.56 Å². The third kappa shape index (κ3) is 1.30. The van der Waals surface area contributed by atoms with Gasteiger partial charge < -0.3 is 11.1 Å². The van der Waals surface area contributed by atoms with Crippen molar-refractivity contribution in [3.05, 3.63) is 32.9 Å². The molecule has 0 radical (unpaired) electrons. The van der Waals surface area contributed by atoms with E-state index in [1.807, 2.05) is 24.4 Å². The zero-order chi connectivity index (χ0) is 10.3. The molecule has 0 spiro atoms. The Morgan fingerprint density at radius 3 is 3.07 bits per heavy atom. The lowest BCUT2D eigenvalue weighted by molar-refractivity contribution is 1.47. The van der Waals surface area contributed by atoms with Crippen molar-refractivity contribution in [1.29, 1.82) is 0 Å². The van der Waals surface area contributed by atoms with Crippen LogP contribution in [-0.2, 0) is 0 Å². The first-order valence-electron chi connectivity index (χ1n) is 4.63. The molecule has 0 amide bonds. The van der Waals surface area contributed by atoms with E-state index < -0.39 is 0 Å². The second kappa shape index (κ2) is 3.10. The molecular formula is C11H9N3S. The topological polar surface area (TPSA) is 50.4 Å². The Morgan fingerprint density at radius 2 is 2.13 bits per heavy atom. The van der Waals surface area contributed by atoms with Crippen molar-refractivity contribution in [1.82, 2.24) is 0 Å². The minimum absolute atomic E-state index is 0.453. The molecule has 0 atom stereocenters. The number of nitrogens with one attached hydrogen (secondary N) is 1. The normalized spacial score (nSPS) is 16.4. The van der Waals surface area contributed by atoms with Crippen LogP contribution in [-0.4, -0.2) is 5.96 Å². The van der Waals surface area contributed by atoms with Crippen molar-refractivity contribution >= 4 is 41.3 Å². The molecule has 3 nitrogen and oxygen atoms in total. The van der Waals surface area contributed by atoms with Crippen LogP contribution in [0.5, 0.6) is 0 Å². The summed E-state index contributed by atoms with van der Waals surface area (Å²) in [4.78, 5) is 4.05. The smallest absolute Gasteiger partial charge is 0.197 e. The van der Waals surface area contributed by atoms with Gasteiger partial charge in [-0.15, -0.1) is 11.3 Å². The first-order chi connectivity index (χ1) is 7.34. The van der Waals surface area contributed by atoms with Crippen LogP contribution in [0.25, 0.3) is 18.4 Å². The van der Waals surface area contributed by atoms with Crippen LogP contribution in [0.2, 0.25) is 0 Å². The number of nitrogens with zero attached hydrogens (tertiary/aromatic N) is 1. The summed E-state index contributed by atoms with van der Waals surface area (Å²) in [7, 11) is 0. The van der Waals surface area contributed by atoms with Gasteiger partial charge in [-0.25, -0.2) is 4.99 Å². The molecule has 2 heterocycles. The number of allylic oxidation sites excluding steroid dienone is 3. The molecule has 0 saturated heterocycles. The average molecular weight is 215 g/mol. The largest absolute Gasteiger partial charge is 0.369 e. The van der Waals surface area contributed by atoms with E-state index in [9.17, 15) is 0 Å². The number of guanidine groups is 1. The standard InChI is InChI=1S/C11H9N3S/c12-11-13-6-9-10(14-11)7-4-2-1-3-5-8(7)15-9/h1-6H,(H3,12,13,14). The van der Waals surface area contributed by atoms with Gasteiger partial charge in [-0.3, -0.25) is 0 Å². The monoisotopic (exact) mass is 215 g/mol. The molecule has 0 aromatic carbocycles. The van der Waals surface area contributed by atoms with Gasteiger partial charge in [-0.2, -0.15) is 0 Å². The van der Waals surface area contributed by atoms with Gasteiger partial charge >= 0.3 is 0 Å². The van der Waals surface area contributed by atoms with Crippen LogP contribution < -0.4 is 20.1 Å².